The molecule has 1 aliphatic rings. The minimum absolute atomic E-state index is 0.0823. The third-order valence-electron chi connectivity index (χ3n) is 3.03. The molecule has 3 nitrogen and oxygen atoms in total. The van der Waals surface area contributed by atoms with Crippen molar-refractivity contribution in [1.29, 1.82) is 0 Å². The van der Waals surface area contributed by atoms with Gasteiger partial charge in [-0.25, -0.2) is 8.78 Å². The number of phenolic OH excluding ortho intramolecular Hbond substituents is 1. The molecule has 94 valence electrons. The molecule has 0 saturated heterocycles. The maximum atomic E-state index is 13.7. The first kappa shape index (κ1) is 12.1. The van der Waals surface area contributed by atoms with Crippen LogP contribution in [0.15, 0.2) is 24.3 Å². The predicted octanol–water partition coefficient (Wildman–Crippen LogP) is 1.57. The Balaban J connectivity index is 2.12. The summed E-state index contributed by atoms with van der Waals surface area (Å²) in [6, 6.07) is 5.37. The Labute approximate surface area is 98.2 Å². The van der Waals surface area contributed by atoms with Crippen LogP contribution >= 0.6 is 0 Å². The smallest absolute Gasteiger partial charge is 0.290 e. The Hall–Kier alpha value is -1.36. The van der Waals surface area contributed by atoms with Gasteiger partial charge in [0.2, 0.25) is 6.10 Å². The SMILES string of the molecule is [NH3+][C@H]1CCCC(F)(F)[C@H]1Oc1ccc(O)cc1. The maximum Gasteiger partial charge on any atom is 0.290 e. The molecule has 0 radical (unpaired) electrons. The van der Waals surface area contributed by atoms with Gasteiger partial charge in [0.1, 0.15) is 17.5 Å². The lowest BCUT2D eigenvalue weighted by atomic mass is 9.89. The molecule has 0 amide bonds. The highest BCUT2D eigenvalue weighted by Crippen LogP contribution is 2.35. The van der Waals surface area contributed by atoms with Crippen molar-refractivity contribution in [2.24, 2.45) is 0 Å². The van der Waals surface area contributed by atoms with Gasteiger partial charge in [0, 0.05) is 12.8 Å². The lowest BCUT2D eigenvalue weighted by Gasteiger charge is -2.33. The first-order chi connectivity index (χ1) is 7.99. The summed E-state index contributed by atoms with van der Waals surface area (Å²) in [5.74, 6) is -2.41. The number of hydrogen-bond acceptors (Lipinski definition) is 2. The number of ether oxygens (including phenoxy) is 1. The fourth-order valence-electron chi connectivity index (χ4n) is 2.09. The van der Waals surface area contributed by atoms with Crippen molar-refractivity contribution in [3.63, 3.8) is 0 Å². The molecule has 0 aliphatic heterocycles. The lowest BCUT2D eigenvalue weighted by molar-refractivity contribution is -0.453. The van der Waals surface area contributed by atoms with Crippen LogP contribution in [0.1, 0.15) is 19.3 Å². The number of benzene rings is 1. The van der Waals surface area contributed by atoms with Crippen LogP contribution in [-0.4, -0.2) is 23.2 Å². The topological polar surface area (TPSA) is 57.1 Å². The van der Waals surface area contributed by atoms with Gasteiger partial charge in [-0.15, -0.1) is 0 Å². The van der Waals surface area contributed by atoms with Gasteiger partial charge in [-0.3, -0.25) is 0 Å². The van der Waals surface area contributed by atoms with E-state index in [0.717, 1.165) is 0 Å². The van der Waals surface area contributed by atoms with Crippen molar-refractivity contribution in [3.8, 4) is 11.5 Å². The summed E-state index contributed by atoms with van der Waals surface area (Å²) in [6.07, 6.45) is -0.197. The van der Waals surface area contributed by atoms with Crippen LogP contribution in [-0.2, 0) is 0 Å². The Morgan fingerprint density at radius 3 is 2.53 bits per heavy atom. The predicted molar refractivity (Wildman–Crippen MR) is 58.0 cm³/mol. The number of alkyl halides is 2. The molecule has 1 aliphatic carbocycles. The van der Waals surface area contributed by atoms with Crippen molar-refractivity contribution < 1.29 is 24.4 Å². The molecule has 0 heterocycles. The highest BCUT2D eigenvalue weighted by atomic mass is 19.3. The van der Waals surface area contributed by atoms with E-state index < -0.39 is 18.1 Å². The minimum Gasteiger partial charge on any atom is -0.508 e. The van der Waals surface area contributed by atoms with Gasteiger partial charge in [-0.1, -0.05) is 0 Å². The third kappa shape index (κ3) is 2.66. The molecular weight excluding hydrogens is 228 g/mol. The Morgan fingerprint density at radius 2 is 1.94 bits per heavy atom. The molecule has 0 bridgehead atoms. The van der Waals surface area contributed by atoms with Crippen molar-refractivity contribution in [1.82, 2.24) is 0 Å². The van der Waals surface area contributed by atoms with Gasteiger partial charge in [0.15, 0.2) is 0 Å². The second kappa shape index (κ2) is 4.49. The van der Waals surface area contributed by atoms with Crippen LogP contribution in [0.5, 0.6) is 11.5 Å². The number of aromatic hydroxyl groups is 1. The van der Waals surface area contributed by atoms with Gasteiger partial charge in [0.05, 0.1) is 0 Å². The Kier molecular flexibility index (Phi) is 3.19. The van der Waals surface area contributed by atoms with Crippen LogP contribution < -0.4 is 10.5 Å². The van der Waals surface area contributed by atoms with E-state index >= 15 is 0 Å². The fourth-order valence-corrected chi connectivity index (χ4v) is 2.09. The second-order valence-corrected chi connectivity index (χ2v) is 4.45. The van der Waals surface area contributed by atoms with Gasteiger partial charge < -0.3 is 15.6 Å². The van der Waals surface area contributed by atoms with Crippen molar-refractivity contribution in [2.75, 3.05) is 0 Å². The van der Waals surface area contributed by atoms with Crippen molar-refractivity contribution in [3.05, 3.63) is 24.3 Å². The molecule has 17 heavy (non-hydrogen) atoms. The molecular formula is C12H16F2NO2+. The molecule has 1 aromatic rings. The molecule has 2 atom stereocenters. The average Bonchev–Trinajstić information content (AvgIpc) is 2.26. The molecule has 0 unspecified atom stereocenters. The normalized spacial score (nSPS) is 27.7. The van der Waals surface area contributed by atoms with E-state index in [1.807, 2.05) is 0 Å². The molecule has 1 saturated carbocycles. The van der Waals surface area contributed by atoms with Gasteiger partial charge in [-0.05, 0) is 30.7 Å². The number of rotatable bonds is 2. The van der Waals surface area contributed by atoms with Gasteiger partial charge in [-0.2, -0.15) is 0 Å². The molecule has 5 heteroatoms. The largest absolute Gasteiger partial charge is 0.508 e. The second-order valence-electron chi connectivity index (χ2n) is 4.45. The Bertz CT molecular complexity index is 381. The number of phenols is 1. The zero-order valence-corrected chi connectivity index (χ0v) is 9.40. The van der Waals surface area contributed by atoms with Crippen LogP contribution in [0.4, 0.5) is 8.78 Å². The first-order valence-corrected chi connectivity index (χ1v) is 5.65. The van der Waals surface area contributed by atoms with Crippen LogP contribution in [0.2, 0.25) is 0 Å². The van der Waals surface area contributed by atoms with Crippen LogP contribution in [0, 0.1) is 0 Å². The molecule has 1 aromatic carbocycles. The maximum absolute atomic E-state index is 13.7. The molecule has 1 fully saturated rings. The van der Waals surface area contributed by atoms with Gasteiger partial charge >= 0.3 is 0 Å². The Morgan fingerprint density at radius 1 is 1.29 bits per heavy atom. The summed E-state index contributed by atoms with van der Waals surface area (Å²) in [7, 11) is 0. The number of quaternary nitrogens is 1. The summed E-state index contributed by atoms with van der Waals surface area (Å²) in [6.45, 7) is 0. The number of hydrogen-bond donors (Lipinski definition) is 2. The summed E-state index contributed by atoms with van der Waals surface area (Å²) < 4.78 is 32.7. The van der Waals surface area contributed by atoms with Crippen LogP contribution in [0.3, 0.4) is 0 Å². The standard InChI is InChI=1S/C12H15F2NO2/c13-12(14)7-1-2-10(15)11(12)17-9-5-3-8(16)4-6-9/h3-6,10-11,16H,1-2,7,15H2/p+1/t10-,11-/m0/s1. The molecule has 0 aromatic heterocycles. The highest BCUT2D eigenvalue weighted by Gasteiger charge is 2.49. The molecule has 4 N–H and O–H groups in total. The van der Waals surface area contributed by atoms with E-state index in [2.05, 4.69) is 5.73 Å². The summed E-state index contributed by atoms with van der Waals surface area (Å²) >= 11 is 0. The molecule has 2 rings (SSSR count). The molecule has 0 spiro atoms. The van der Waals surface area contributed by atoms with E-state index in [4.69, 9.17) is 9.84 Å². The van der Waals surface area contributed by atoms with E-state index in [-0.39, 0.29) is 12.2 Å². The monoisotopic (exact) mass is 244 g/mol. The van der Waals surface area contributed by atoms with E-state index in [0.29, 0.717) is 18.6 Å². The summed E-state index contributed by atoms with van der Waals surface area (Å²) in [4.78, 5) is 0. The zero-order chi connectivity index (χ0) is 12.5. The lowest BCUT2D eigenvalue weighted by Crippen LogP contribution is -2.72. The van der Waals surface area contributed by atoms with Crippen molar-refractivity contribution >= 4 is 0 Å². The van der Waals surface area contributed by atoms with Crippen LogP contribution in [0.25, 0.3) is 0 Å². The van der Waals surface area contributed by atoms with E-state index in [9.17, 15) is 8.78 Å². The van der Waals surface area contributed by atoms with E-state index in [1.54, 1.807) is 0 Å². The number of halogens is 2. The summed E-state index contributed by atoms with van der Waals surface area (Å²) in [5, 5.41) is 9.10. The zero-order valence-electron chi connectivity index (χ0n) is 9.40. The highest BCUT2D eigenvalue weighted by molar-refractivity contribution is 5.30. The summed E-state index contributed by atoms with van der Waals surface area (Å²) in [5.41, 5.74) is 3.73. The first-order valence-electron chi connectivity index (χ1n) is 5.65. The quantitative estimate of drug-likeness (QED) is 0.829. The third-order valence-corrected chi connectivity index (χ3v) is 3.03. The average molecular weight is 244 g/mol. The fraction of sp³-hybridized carbons (Fsp3) is 0.500. The van der Waals surface area contributed by atoms with Gasteiger partial charge in [0.25, 0.3) is 5.92 Å². The minimum atomic E-state index is -2.83. The van der Waals surface area contributed by atoms with E-state index in [1.165, 1.54) is 24.3 Å². The van der Waals surface area contributed by atoms with Crippen molar-refractivity contribution in [2.45, 2.75) is 37.3 Å².